The van der Waals surface area contributed by atoms with Crippen LogP contribution in [0.3, 0.4) is 0 Å². The number of rotatable bonds is 3. The molecule has 1 aromatic rings. The molecule has 1 N–H and O–H groups in total. The van der Waals surface area contributed by atoms with Crippen LogP contribution in [0.2, 0.25) is 0 Å². The minimum atomic E-state index is -0.0117. The highest BCUT2D eigenvalue weighted by molar-refractivity contribution is 9.11. The lowest BCUT2D eigenvalue weighted by atomic mass is 10.2. The van der Waals surface area contributed by atoms with Crippen molar-refractivity contribution in [3.63, 3.8) is 0 Å². The molecule has 1 fully saturated rings. The van der Waals surface area contributed by atoms with Gasteiger partial charge in [-0.1, -0.05) is 15.9 Å². The van der Waals surface area contributed by atoms with E-state index in [1.165, 1.54) is 0 Å². The fourth-order valence-electron chi connectivity index (χ4n) is 1.99. The SMILES string of the molecule is CN(CC1CNCCO1)C(=O)c1cc(Br)ccc1Br. The molecule has 0 aromatic heterocycles. The number of halogens is 2. The zero-order chi connectivity index (χ0) is 13.8. The van der Waals surface area contributed by atoms with Gasteiger partial charge in [-0.3, -0.25) is 4.79 Å². The Hall–Kier alpha value is -0.430. The Bertz CT molecular complexity index is 462. The monoisotopic (exact) mass is 390 g/mol. The minimum absolute atomic E-state index is 0.0117. The van der Waals surface area contributed by atoms with Gasteiger partial charge in [0.1, 0.15) is 0 Å². The molecule has 2 rings (SSSR count). The maximum absolute atomic E-state index is 12.4. The third-order valence-corrected chi connectivity index (χ3v) is 4.17. The molecule has 1 aliphatic rings. The molecule has 1 aliphatic heterocycles. The quantitative estimate of drug-likeness (QED) is 0.859. The molecule has 1 aromatic carbocycles. The van der Waals surface area contributed by atoms with Crippen molar-refractivity contribution in [2.75, 3.05) is 33.3 Å². The summed E-state index contributed by atoms with van der Waals surface area (Å²) in [6.07, 6.45) is 0.0635. The summed E-state index contributed by atoms with van der Waals surface area (Å²) >= 11 is 6.80. The number of hydrogen-bond acceptors (Lipinski definition) is 3. The lowest BCUT2D eigenvalue weighted by Crippen LogP contribution is -2.45. The van der Waals surface area contributed by atoms with Gasteiger partial charge in [0.25, 0.3) is 5.91 Å². The molecule has 6 heteroatoms. The van der Waals surface area contributed by atoms with Crippen molar-refractivity contribution >= 4 is 37.8 Å². The van der Waals surface area contributed by atoms with E-state index in [9.17, 15) is 4.79 Å². The van der Waals surface area contributed by atoms with E-state index in [4.69, 9.17) is 4.74 Å². The molecule has 0 radical (unpaired) electrons. The average molecular weight is 392 g/mol. The first-order chi connectivity index (χ1) is 9.08. The maximum atomic E-state index is 12.4. The lowest BCUT2D eigenvalue weighted by molar-refractivity contribution is 0.0103. The van der Waals surface area contributed by atoms with Gasteiger partial charge >= 0.3 is 0 Å². The third-order valence-electron chi connectivity index (χ3n) is 2.99. The standard InChI is InChI=1S/C13H16Br2N2O2/c1-17(8-10-7-16-4-5-19-10)13(18)11-6-9(14)2-3-12(11)15/h2-3,6,10,16H,4-5,7-8H2,1H3. The van der Waals surface area contributed by atoms with Gasteiger partial charge in [0.2, 0.25) is 0 Å². The van der Waals surface area contributed by atoms with E-state index < -0.39 is 0 Å². The zero-order valence-corrected chi connectivity index (χ0v) is 13.8. The molecule has 1 heterocycles. The van der Waals surface area contributed by atoms with Crippen molar-refractivity contribution in [2.24, 2.45) is 0 Å². The summed E-state index contributed by atoms with van der Waals surface area (Å²) in [5.74, 6) is -0.0117. The number of carbonyl (C=O) groups excluding carboxylic acids is 1. The summed E-state index contributed by atoms with van der Waals surface area (Å²) in [7, 11) is 1.80. The van der Waals surface area contributed by atoms with Gasteiger partial charge in [0.15, 0.2) is 0 Å². The molecule has 104 valence electrons. The van der Waals surface area contributed by atoms with Crippen LogP contribution < -0.4 is 5.32 Å². The van der Waals surface area contributed by atoms with E-state index in [2.05, 4.69) is 37.2 Å². The topological polar surface area (TPSA) is 41.6 Å². The van der Waals surface area contributed by atoms with Gasteiger partial charge in [0.05, 0.1) is 18.3 Å². The number of nitrogens with one attached hydrogen (secondary N) is 1. The first kappa shape index (κ1) is 15.0. The van der Waals surface area contributed by atoms with E-state index in [1.807, 2.05) is 18.2 Å². The Labute approximate surface area is 129 Å². The molecule has 0 saturated carbocycles. The number of likely N-dealkylation sites (N-methyl/N-ethyl adjacent to an activating group) is 1. The van der Waals surface area contributed by atoms with Gasteiger partial charge in [0, 0.05) is 35.6 Å². The van der Waals surface area contributed by atoms with Crippen LogP contribution in [0.15, 0.2) is 27.1 Å². The summed E-state index contributed by atoms with van der Waals surface area (Å²) in [4.78, 5) is 14.1. The highest BCUT2D eigenvalue weighted by Crippen LogP contribution is 2.22. The maximum Gasteiger partial charge on any atom is 0.254 e. The minimum Gasteiger partial charge on any atom is -0.374 e. The second kappa shape index (κ2) is 6.83. The van der Waals surface area contributed by atoms with Gasteiger partial charge in [-0.25, -0.2) is 0 Å². The van der Waals surface area contributed by atoms with Crippen LogP contribution in [-0.2, 0) is 4.74 Å². The summed E-state index contributed by atoms with van der Waals surface area (Å²) in [6, 6.07) is 5.59. The van der Waals surface area contributed by atoms with Gasteiger partial charge in [-0.2, -0.15) is 0 Å². The first-order valence-electron chi connectivity index (χ1n) is 6.11. The number of hydrogen-bond donors (Lipinski definition) is 1. The Morgan fingerprint density at radius 2 is 2.32 bits per heavy atom. The molecule has 0 aliphatic carbocycles. The summed E-state index contributed by atoms with van der Waals surface area (Å²) in [5.41, 5.74) is 0.653. The number of amides is 1. The van der Waals surface area contributed by atoms with Crippen molar-refractivity contribution in [3.05, 3.63) is 32.7 Å². The van der Waals surface area contributed by atoms with Crippen LogP contribution in [0.4, 0.5) is 0 Å². The average Bonchev–Trinajstić information content (AvgIpc) is 2.42. The molecule has 1 saturated heterocycles. The predicted molar refractivity (Wildman–Crippen MR) is 81.4 cm³/mol. The number of benzene rings is 1. The van der Waals surface area contributed by atoms with Crippen LogP contribution in [-0.4, -0.2) is 50.2 Å². The van der Waals surface area contributed by atoms with E-state index in [0.29, 0.717) is 18.7 Å². The number of carbonyl (C=O) groups is 1. The molecule has 19 heavy (non-hydrogen) atoms. The molecule has 1 atom stereocenters. The van der Waals surface area contributed by atoms with Crippen LogP contribution in [0.5, 0.6) is 0 Å². The molecule has 0 spiro atoms. The molecule has 0 bridgehead atoms. The predicted octanol–water partition coefficient (Wildman–Crippen LogP) is 2.27. The summed E-state index contributed by atoms with van der Waals surface area (Å²) in [6.45, 7) is 2.96. The van der Waals surface area contributed by atoms with E-state index >= 15 is 0 Å². The van der Waals surface area contributed by atoms with Crippen LogP contribution >= 0.6 is 31.9 Å². The van der Waals surface area contributed by atoms with E-state index in [1.54, 1.807) is 11.9 Å². The summed E-state index contributed by atoms with van der Waals surface area (Å²) < 4.78 is 7.30. The zero-order valence-electron chi connectivity index (χ0n) is 10.7. The molecular weight excluding hydrogens is 376 g/mol. The van der Waals surface area contributed by atoms with Gasteiger partial charge in [-0.05, 0) is 34.1 Å². The number of nitrogens with zero attached hydrogens (tertiary/aromatic N) is 1. The third kappa shape index (κ3) is 4.02. The van der Waals surface area contributed by atoms with E-state index in [0.717, 1.165) is 22.0 Å². The van der Waals surface area contributed by atoms with Crippen LogP contribution in [0, 0.1) is 0 Å². The lowest BCUT2D eigenvalue weighted by Gasteiger charge is -2.28. The van der Waals surface area contributed by atoms with Gasteiger partial charge in [-0.15, -0.1) is 0 Å². The largest absolute Gasteiger partial charge is 0.374 e. The Morgan fingerprint density at radius 3 is 3.00 bits per heavy atom. The molecular formula is C13H16Br2N2O2. The van der Waals surface area contributed by atoms with Crippen molar-refractivity contribution in [3.8, 4) is 0 Å². The Morgan fingerprint density at radius 1 is 1.53 bits per heavy atom. The van der Waals surface area contributed by atoms with Crippen LogP contribution in [0.25, 0.3) is 0 Å². The Balaban J connectivity index is 2.03. The molecule has 4 nitrogen and oxygen atoms in total. The van der Waals surface area contributed by atoms with Crippen molar-refractivity contribution in [2.45, 2.75) is 6.10 Å². The van der Waals surface area contributed by atoms with Gasteiger partial charge < -0.3 is 15.0 Å². The first-order valence-corrected chi connectivity index (χ1v) is 7.69. The second-order valence-corrected chi connectivity index (χ2v) is 6.28. The highest BCUT2D eigenvalue weighted by atomic mass is 79.9. The Kier molecular flexibility index (Phi) is 5.38. The fraction of sp³-hybridized carbons (Fsp3) is 0.462. The summed E-state index contributed by atoms with van der Waals surface area (Å²) in [5, 5.41) is 3.26. The fourth-order valence-corrected chi connectivity index (χ4v) is 2.77. The van der Waals surface area contributed by atoms with Crippen molar-refractivity contribution in [1.82, 2.24) is 10.2 Å². The normalized spacial score (nSPS) is 19.2. The van der Waals surface area contributed by atoms with Crippen LogP contribution in [0.1, 0.15) is 10.4 Å². The van der Waals surface area contributed by atoms with E-state index in [-0.39, 0.29) is 12.0 Å². The smallest absolute Gasteiger partial charge is 0.254 e. The van der Waals surface area contributed by atoms with Crippen molar-refractivity contribution < 1.29 is 9.53 Å². The molecule has 1 amide bonds. The van der Waals surface area contributed by atoms with Crippen molar-refractivity contribution in [1.29, 1.82) is 0 Å². The second-order valence-electron chi connectivity index (χ2n) is 4.51. The molecule has 1 unspecified atom stereocenters. The highest BCUT2D eigenvalue weighted by Gasteiger charge is 2.21. The number of morpholine rings is 1. The number of ether oxygens (including phenoxy) is 1.